The molecular formula is C19H19IN6O4. The SMILES string of the molecule is CNC(=O)[C@@]12CO[C@@H](C1O)[C@H](n1cnc3c(NCc4cccc(I)c4)ncnc31)O2. The molecule has 0 spiro atoms. The number of carbonyl (C=O) groups is 1. The van der Waals surface area contributed by atoms with Gasteiger partial charge in [-0.1, -0.05) is 12.1 Å². The van der Waals surface area contributed by atoms with Crippen molar-refractivity contribution < 1.29 is 19.4 Å². The minimum absolute atomic E-state index is 0.000693. The Labute approximate surface area is 185 Å². The number of rotatable bonds is 5. The number of anilines is 1. The molecule has 4 heterocycles. The van der Waals surface area contributed by atoms with Crippen molar-refractivity contribution in [2.24, 2.45) is 0 Å². The van der Waals surface area contributed by atoms with Gasteiger partial charge < -0.3 is 25.2 Å². The first-order chi connectivity index (χ1) is 14.5. The van der Waals surface area contributed by atoms with Crippen molar-refractivity contribution in [3.63, 3.8) is 0 Å². The standard InChI is InChI=1S/C19H19IN6O4/c1-21-18(28)19-7-29-13(14(19)27)17(30-19)26-9-25-12-15(23-8-24-16(12)26)22-6-10-3-2-4-11(20)5-10/h2-5,8-9,13-14,17,27H,6-7H2,1H3,(H,21,28)(H,22,23,24)/t13-,14?,17+,19+/m0/s1. The van der Waals surface area contributed by atoms with E-state index in [1.54, 1.807) is 10.9 Å². The molecule has 2 aliphatic rings. The van der Waals surface area contributed by atoms with Crippen LogP contribution in [0.2, 0.25) is 0 Å². The van der Waals surface area contributed by atoms with E-state index in [0.717, 1.165) is 9.13 Å². The molecular weight excluding hydrogens is 503 g/mol. The molecule has 2 aliphatic heterocycles. The largest absolute Gasteiger partial charge is 0.387 e. The molecule has 0 saturated carbocycles. The zero-order valence-electron chi connectivity index (χ0n) is 15.9. The molecule has 2 saturated heterocycles. The number of benzene rings is 1. The Bertz CT molecular complexity index is 1120. The maximum Gasteiger partial charge on any atom is 0.257 e. The molecule has 2 fully saturated rings. The molecule has 3 N–H and O–H groups in total. The van der Waals surface area contributed by atoms with Gasteiger partial charge >= 0.3 is 0 Å². The summed E-state index contributed by atoms with van der Waals surface area (Å²) in [6, 6.07) is 8.16. The summed E-state index contributed by atoms with van der Waals surface area (Å²) in [6.07, 6.45) is 0.498. The number of imidazole rings is 1. The van der Waals surface area contributed by atoms with Gasteiger partial charge in [0.15, 0.2) is 23.2 Å². The monoisotopic (exact) mass is 522 g/mol. The summed E-state index contributed by atoms with van der Waals surface area (Å²) in [7, 11) is 1.50. The number of aliphatic hydroxyl groups excluding tert-OH is 1. The fraction of sp³-hybridized carbons (Fsp3) is 0.368. The number of amides is 1. The van der Waals surface area contributed by atoms with E-state index in [0.29, 0.717) is 23.5 Å². The molecule has 0 radical (unpaired) electrons. The fourth-order valence-electron chi connectivity index (χ4n) is 3.97. The van der Waals surface area contributed by atoms with E-state index in [2.05, 4.69) is 54.2 Å². The van der Waals surface area contributed by atoms with Crippen LogP contribution in [0, 0.1) is 3.57 Å². The van der Waals surface area contributed by atoms with Gasteiger partial charge in [-0.3, -0.25) is 9.36 Å². The van der Waals surface area contributed by atoms with Crippen LogP contribution in [0.15, 0.2) is 36.9 Å². The van der Waals surface area contributed by atoms with Crippen molar-refractivity contribution >= 4 is 45.5 Å². The van der Waals surface area contributed by atoms with Crippen LogP contribution in [-0.2, 0) is 20.8 Å². The van der Waals surface area contributed by atoms with Crippen molar-refractivity contribution in [3.8, 4) is 0 Å². The van der Waals surface area contributed by atoms with Gasteiger partial charge in [-0.2, -0.15) is 0 Å². The summed E-state index contributed by atoms with van der Waals surface area (Å²) in [5.74, 6) is 0.169. The van der Waals surface area contributed by atoms with Gasteiger partial charge in [0.2, 0.25) is 5.60 Å². The third kappa shape index (κ3) is 2.95. The second kappa shape index (κ2) is 7.41. The number of hydrogen-bond acceptors (Lipinski definition) is 8. The summed E-state index contributed by atoms with van der Waals surface area (Å²) >= 11 is 2.27. The molecule has 2 bridgehead atoms. The quantitative estimate of drug-likeness (QED) is 0.421. The van der Waals surface area contributed by atoms with E-state index >= 15 is 0 Å². The third-order valence-corrected chi connectivity index (χ3v) is 6.16. The normalized spacial score (nSPS) is 27.5. The number of nitrogens with zero attached hydrogens (tertiary/aromatic N) is 4. The number of likely N-dealkylation sites (N-methyl/N-ethyl adjacent to an activating group) is 1. The molecule has 1 unspecified atom stereocenters. The number of halogens is 1. The van der Waals surface area contributed by atoms with Gasteiger partial charge in [-0.05, 0) is 40.3 Å². The zero-order valence-corrected chi connectivity index (χ0v) is 18.1. The molecule has 5 rings (SSSR count). The molecule has 11 heteroatoms. The Balaban J connectivity index is 1.44. The van der Waals surface area contributed by atoms with E-state index in [1.165, 1.54) is 13.4 Å². The van der Waals surface area contributed by atoms with Crippen molar-refractivity contribution in [1.82, 2.24) is 24.8 Å². The summed E-state index contributed by atoms with van der Waals surface area (Å²) in [5.41, 5.74) is 0.779. The first-order valence-electron chi connectivity index (χ1n) is 9.39. The van der Waals surface area contributed by atoms with Gasteiger partial charge in [0.05, 0.1) is 12.9 Å². The Morgan fingerprint density at radius 3 is 3.07 bits per heavy atom. The van der Waals surface area contributed by atoms with Crippen LogP contribution in [0.3, 0.4) is 0 Å². The van der Waals surface area contributed by atoms with Gasteiger partial charge in [0, 0.05) is 17.2 Å². The van der Waals surface area contributed by atoms with Crippen molar-refractivity contribution in [3.05, 3.63) is 46.1 Å². The average molecular weight is 522 g/mol. The lowest BCUT2D eigenvalue weighted by Crippen LogP contribution is -2.53. The van der Waals surface area contributed by atoms with E-state index in [4.69, 9.17) is 9.47 Å². The molecule has 156 valence electrons. The Kier molecular flexibility index (Phi) is 4.84. The Morgan fingerprint density at radius 1 is 1.40 bits per heavy atom. The van der Waals surface area contributed by atoms with Gasteiger partial charge in [0.1, 0.15) is 18.5 Å². The molecule has 1 amide bonds. The second-order valence-electron chi connectivity index (χ2n) is 7.23. The highest BCUT2D eigenvalue weighted by Gasteiger charge is 2.65. The van der Waals surface area contributed by atoms with E-state index in [-0.39, 0.29) is 6.61 Å². The highest BCUT2D eigenvalue weighted by molar-refractivity contribution is 14.1. The average Bonchev–Trinajstić information content (AvgIpc) is 3.42. The number of ether oxygens (including phenoxy) is 2. The van der Waals surface area contributed by atoms with Gasteiger partial charge in [-0.15, -0.1) is 0 Å². The number of hydrogen-bond donors (Lipinski definition) is 3. The first kappa shape index (κ1) is 19.6. The van der Waals surface area contributed by atoms with E-state index in [1.807, 2.05) is 18.2 Å². The third-order valence-electron chi connectivity index (χ3n) is 5.48. The highest BCUT2D eigenvalue weighted by atomic mass is 127. The molecule has 0 aliphatic carbocycles. The molecule has 4 atom stereocenters. The van der Waals surface area contributed by atoms with Crippen LogP contribution >= 0.6 is 22.6 Å². The smallest absolute Gasteiger partial charge is 0.257 e. The topological polar surface area (TPSA) is 123 Å². The Hall–Kier alpha value is -2.35. The number of nitrogens with one attached hydrogen (secondary N) is 2. The number of aromatic nitrogens is 4. The van der Waals surface area contributed by atoms with Crippen molar-refractivity contribution in [2.45, 2.75) is 30.6 Å². The maximum absolute atomic E-state index is 12.3. The van der Waals surface area contributed by atoms with Gasteiger partial charge in [0.25, 0.3) is 5.91 Å². The lowest BCUT2D eigenvalue weighted by atomic mass is 9.98. The van der Waals surface area contributed by atoms with Crippen LogP contribution < -0.4 is 10.6 Å². The lowest BCUT2D eigenvalue weighted by molar-refractivity contribution is -0.184. The minimum atomic E-state index is -1.43. The van der Waals surface area contributed by atoms with Crippen molar-refractivity contribution in [2.75, 3.05) is 19.0 Å². The number of fused-ring (bicyclic) bond motifs is 3. The molecule has 10 nitrogen and oxygen atoms in total. The van der Waals surface area contributed by atoms with Crippen LogP contribution in [0.1, 0.15) is 11.8 Å². The number of aliphatic hydroxyl groups is 1. The van der Waals surface area contributed by atoms with Crippen LogP contribution in [0.25, 0.3) is 11.2 Å². The summed E-state index contributed by atoms with van der Waals surface area (Å²) < 4.78 is 14.5. The fourth-order valence-corrected chi connectivity index (χ4v) is 4.57. The highest BCUT2D eigenvalue weighted by Crippen LogP contribution is 2.45. The van der Waals surface area contributed by atoms with Crippen LogP contribution in [-0.4, -0.2) is 62.0 Å². The van der Waals surface area contributed by atoms with Crippen LogP contribution in [0.4, 0.5) is 5.82 Å². The van der Waals surface area contributed by atoms with Crippen molar-refractivity contribution in [1.29, 1.82) is 0 Å². The summed E-state index contributed by atoms with van der Waals surface area (Å²) in [6.45, 7) is 0.583. The van der Waals surface area contributed by atoms with E-state index in [9.17, 15) is 9.90 Å². The maximum atomic E-state index is 12.3. The van der Waals surface area contributed by atoms with E-state index < -0.39 is 29.9 Å². The predicted octanol–water partition coefficient (Wildman–Crippen LogP) is 0.816. The molecule has 3 aromatic rings. The zero-order chi connectivity index (χ0) is 20.9. The van der Waals surface area contributed by atoms with Crippen LogP contribution in [0.5, 0.6) is 0 Å². The summed E-state index contributed by atoms with van der Waals surface area (Å²) in [5, 5.41) is 16.5. The second-order valence-corrected chi connectivity index (χ2v) is 8.47. The number of carbonyl (C=O) groups excluding carboxylic acids is 1. The molecule has 30 heavy (non-hydrogen) atoms. The van der Waals surface area contributed by atoms with Gasteiger partial charge in [-0.25, -0.2) is 15.0 Å². The predicted molar refractivity (Wildman–Crippen MR) is 114 cm³/mol. The lowest BCUT2D eigenvalue weighted by Gasteiger charge is -2.29. The minimum Gasteiger partial charge on any atom is -0.387 e. The molecule has 1 aromatic carbocycles. The Morgan fingerprint density at radius 2 is 2.27 bits per heavy atom. The first-order valence-corrected chi connectivity index (χ1v) is 10.5. The molecule has 2 aromatic heterocycles. The summed E-state index contributed by atoms with van der Waals surface area (Å²) in [4.78, 5) is 25.4.